The van der Waals surface area contributed by atoms with Crippen molar-refractivity contribution in [3.05, 3.63) is 34.1 Å². The summed E-state index contributed by atoms with van der Waals surface area (Å²) in [4.78, 5) is 9.96. The topological polar surface area (TPSA) is 75.4 Å². The van der Waals surface area contributed by atoms with Crippen molar-refractivity contribution in [2.45, 2.75) is 32.8 Å². The Labute approximate surface area is 111 Å². The molecule has 19 heavy (non-hydrogen) atoms. The van der Waals surface area contributed by atoms with Crippen molar-refractivity contribution in [1.82, 2.24) is 0 Å². The molecule has 6 heteroatoms. The van der Waals surface area contributed by atoms with Crippen molar-refractivity contribution in [1.29, 1.82) is 0 Å². The van der Waals surface area contributed by atoms with Crippen LogP contribution < -0.4 is 5.32 Å². The van der Waals surface area contributed by atoms with Gasteiger partial charge in [-0.25, -0.2) is 4.39 Å². The van der Waals surface area contributed by atoms with Gasteiger partial charge in [0.1, 0.15) is 5.82 Å². The monoisotopic (exact) mass is 270 g/mol. The molecule has 1 aromatic carbocycles. The molecule has 5 nitrogen and oxygen atoms in total. The van der Waals surface area contributed by atoms with Gasteiger partial charge in [0.15, 0.2) is 0 Å². The Balaban J connectivity index is 2.70. The Hall–Kier alpha value is -1.69. The highest BCUT2D eigenvalue weighted by Crippen LogP contribution is 2.21. The Kier molecular flexibility index (Phi) is 5.69. The van der Waals surface area contributed by atoms with Crippen LogP contribution in [0.1, 0.15) is 26.7 Å². The molecule has 1 aromatic rings. The van der Waals surface area contributed by atoms with Gasteiger partial charge in [0.25, 0.3) is 5.69 Å². The molecule has 1 rings (SSSR count). The molecule has 0 saturated carbocycles. The molecule has 0 aliphatic heterocycles. The fraction of sp³-hybridized carbons (Fsp3) is 0.538. The first-order valence-corrected chi connectivity index (χ1v) is 6.34. The standard InChI is InChI=1S/C13H19FN2O3/c1-3-9(4-2)13(17)8-15-11-5-10(14)6-12(7-11)16(18)19/h5-7,9,13,15,17H,3-4,8H2,1-2H3. The van der Waals surface area contributed by atoms with Gasteiger partial charge in [0.2, 0.25) is 0 Å². The number of benzene rings is 1. The van der Waals surface area contributed by atoms with Gasteiger partial charge < -0.3 is 10.4 Å². The summed E-state index contributed by atoms with van der Waals surface area (Å²) in [5.74, 6) is -0.509. The highest BCUT2D eigenvalue weighted by molar-refractivity contribution is 5.51. The van der Waals surface area contributed by atoms with Gasteiger partial charge >= 0.3 is 0 Å². The van der Waals surface area contributed by atoms with Crippen LogP contribution >= 0.6 is 0 Å². The molecule has 1 atom stereocenters. The number of non-ortho nitro benzene ring substituents is 1. The lowest BCUT2D eigenvalue weighted by Crippen LogP contribution is -2.27. The average molecular weight is 270 g/mol. The Bertz CT molecular complexity index is 436. The quantitative estimate of drug-likeness (QED) is 0.590. The highest BCUT2D eigenvalue weighted by Gasteiger charge is 2.16. The molecule has 0 bridgehead atoms. The summed E-state index contributed by atoms with van der Waals surface area (Å²) in [5.41, 5.74) is -0.00349. The lowest BCUT2D eigenvalue weighted by Gasteiger charge is -2.20. The van der Waals surface area contributed by atoms with Gasteiger partial charge in [-0.3, -0.25) is 10.1 Å². The van der Waals surface area contributed by atoms with Crippen LogP contribution in [0.4, 0.5) is 15.8 Å². The smallest absolute Gasteiger partial charge is 0.274 e. The lowest BCUT2D eigenvalue weighted by atomic mass is 9.96. The third-order valence-electron chi connectivity index (χ3n) is 3.20. The van der Waals surface area contributed by atoms with Crippen molar-refractivity contribution < 1.29 is 14.4 Å². The number of halogens is 1. The Morgan fingerprint density at radius 1 is 1.37 bits per heavy atom. The van der Waals surface area contributed by atoms with Gasteiger partial charge in [-0.2, -0.15) is 0 Å². The van der Waals surface area contributed by atoms with Gasteiger partial charge in [-0.1, -0.05) is 26.7 Å². The summed E-state index contributed by atoms with van der Waals surface area (Å²) >= 11 is 0. The van der Waals surface area contributed by atoms with Crippen molar-refractivity contribution in [3.63, 3.8) is 0 Å². The number of hydrogen-bond donors (Lipinski definition) is 2. The van der Waals surface area contributed by atoms with Crippen LogP contribution in [0.2, 0.25) is 0 Å². The van der Waals surface area contributed by atoms with Crippen LogP contribution in [0.5, 0.6) is 0 Å². The third kappa shape index (κ3) is 4.48. The van der Waals surface area contributed by atoms with Crippen molar-refractivity contribution in [3.8, 4) is 0 Å². The molecular formula is C13H19FN2O3. The molecule has 0 heterocycles. The number of hydrogen-bond acceptors (Lipinski definition) is 4. The van der Waals surface area contributed by atoms with Gasteiger partial charge in [-0.15, -0.1) is 0 Å². The second kappa shape index (κ2) is 7.04. The summed E-state index contributed by atoms with van der Waals surface area (Å²) in [6.07, 6.45) is 1.14. The number of nitro benzene ring substituents is 1. The van der Waals surface area contributed by atoms with E-state index in [9.17, 15) is 19.6 Å². The molecule has 2 N–H and O–H groups in total. The second-order valence-corrected chi connectivity index (χ2v) is 4.48. The third-order valence-corrected chi connectivity index (χ3v) is 3.20. The number of nitrogens with one attached hydrogen (secondary N) is 1. The van der Waals surface area contributed by atoms with Crippen LogP contribution in [-0.2, 0) is 0 Å². The molecular weight excluding hydrogens is 251 g/mol. The fourth-order valence-corrected chi connectivity index (χ4v) is 2.00. The fourth-order valence-electron chi connectivity index (χ4n) is 2.00. The van der Waals surface area contributed by atoms with Crippen molar-refractivity contribution in [2.75, 3.05) is 11.9 Å². The first-order chi connectivity index (χ1) is 8.97. The van der Waals surface area contributed by atoms with E-state index in [1.807, 2.05) is 13.8 Å². The van der Waals surface area contributed by atoms with E-state index in [-0.39, 0.29) is 18.2 Å². The number of nitrogens with zero attached hydrogens (tertiary/aromatic N) is 1. The summed E-state index contributed by atoms with van der Waals surface area (Å²) in [6.45, 7) is 4.22. The lowest BCUT2D eigenvalue weighted by molar-refractivity contribution is -0.385. The van der Waals surface area contributed by atoms with E-state index in [1.165, 1.54) is 12.1 Å². The van der Waals surface area contributed by atoms with E-state index < -0.39 is 16.8 Å². The summed E-state index contributed by atoms with van der Waals surface area (Å²) in [7, 11) is 0. The molecule has 106 valence electrons. The van der Waals surface area contributed by atoms with E-state index in [0.29, 0.717) is 5.69 Å². The van der Waals surface area contributed by atoms with Crippen LogP contribution in [0.25, 0.3) is 0 Å². The Morgan fingerprint density at radius 2 is 2.00 bits per heavy atom. The minimum absolute atomic E-state index is 0.163. The molecule has 0 spiro atoms. The van der Waals surface area contributed by atoms with Crippen LogP contribution in [-0.4, -0.2) is 22.7 Å². The highest BCUT2D eigenvalue weighted by atomic mass is 19.1. The SMILES string of the molecule is CCC(CC)C(O)CNc1cc(F)cc([N+](=O)[O-])c1. The van der Waals surface area contributed by atoms with Crippen LogP contribution in [0.15, 0.2) is 18.2 Å². The first kappa shape index (κ1) is 15.4. The van der Waals surface area contributed by atoms with E-state index in [4.69, 9.17) is 0 Å². The summed E-state index contributed by atoms with van der Waals surface area (Å²) in [6, 6.07) is 3.29. The zero-order valence-electron chi connectivity index (χ0n) is 11.1. The maximum atomic E-state index is 13.2. The number of rotatable bonds is 7. The zero-order valence-corrected chi connectivity index (χ0v) is 11.1. The minimum atomic E-state index is -0.672. The van der Waals surface area contributed by atoms with Crippen LogP contribution in [0, 0.1) is 21.8 Å². The van der Waals surface area contributed by atoms with Crippen molar-refractivity contribution in [2.24, 2.45) is 5.92 Å². The van der Waals surface area contributed by atoms with E-state index in [0.717, 1.165) is 18.9 Å². The Morgan fingerprint density at radius 3 is 2.53 bits per heavy atom. The number of anilines is 1. The zero-order chi connectivity index (χ0) is 14.4. The molecule has 0 amide bonds. The van der Waals surface area contributed by atoms with Gasteiger partial charge in [0, 0.05) is 18.3 Å². The molecule has 0 radical (unpaired) electrons. The van der Waals surface area contributed by atoms with E-state index in [2.05, 4.69) is 5.32 Å². The molecule has 1 unspecified atom stereocenters. The predicted octanol–water partition coefficient (Wildman–Crippen LogP) is 2.94. The maximum absolute atomic E-state index is 13.2. The first-order valence-electron chi connectivity index (χ1n) is 6.34. The predicted molar refractivity (Wildman–Crippen MR) is 71.6 cm³/mol. The van der Waals surface area contributed by atoms with Gasteiger partial charge in [-0.05, 0) is 12.0 Å². The number of nitro groups is 1. The minimum Gasteiger partial charge on any atom is -0.391 e. The molecule has 0 aromatic heterocycles. The largest absolute Gasteiger partial charge is 0.391 e. The number of aliphatic hydroxyl groups excluding tert-OH is 1. The van der Waals surface area contributed by atoms with E-state index in [1.54, 1.807) is 0 Å². The summed E-state index contributed by atoms with van der Waals surface area (Å²) in [5, 5.41) is 23.4. The maximum Gasteiger partial charge on any atom is 0.274 e. The number of aliphatic hydroxyl groups is 1. The van der Waals surface area contributed by atoms with Crippen LogP contribution in [0.3, 0.4) is 0 Å². The second-order valence-electron chi connectivity index (χ2n) is 4.48. The van der Waals surface area contributed by atoms with Crippen molar-refractivity contribution >= 4 is 11.4 Å². The van der Waals surface area contributed by atoms with E-state index >= 15 is 0 Å². The average Bonchev–Trinajstić information content (AvgIpc) is 2.37. The normalized spacial score (nSPS) is 12.5. The van der Waals surface area contributed by atoms with Gasteiger partial charge in [0.05, 0.1) is 17.1 Å². The summed E-state index contributed by atoms with van der Waals surface area (Å²) < 4.78 is 13.2. The molecule has 0 aliphatic carbocycles. The molecule has 0 aliphatic rings. The molecule has 0 saturated heterocycles. The molecule has 0 fully saturated rings.